The summed E-state index contributed by atoms with van der Waals surface area (Å²) in [7, 11) is 0. The van der Waals surface area contributed by atoms with E-state index in [0.29, 0.717) is 18.7 Å². The van der Waals surface area contributed by atoms with Gasteiger partial charge in [-0.05, 0) is 49.6 Å². The lowest BCUT2D eigenvalue weighted by atomic mass is 9.96. The number of phenolic OH excluding ortho intramolecular Hbond substituents is 1. The number of amides is 1. The number of carbonyl (C=O) groups excluding carboxylic acids is 1. The molecule has 5 nitrogen and oxygen atoms in total. The number of benzene rings is 2. The molecule has 0 bridgehead atoms. The van der Waals surface area contributed by atoms with Gasteiger partial charge in [0.1, 0.15) is 11.3 Å². The number of para-hydroxylation sites is 2. The number of phenols is 1. The summed E-state index contributed by atoms with van der Waals surface area (Å²) in [5.74, 6) is 0.911. The van der Waals surface area contributed by atoms with Crippen LogP contribution in [0.1, 0.15) is 40.6 Å². The van der Waals surface area contributed by atoms with Crippen LogP contribution in [0.4, 0.5) is 0 Å². The summed E-state index contributed by atoms with van der Waals surface area (Å²) in [4.78, 5) is 19.0. The monoisotopic (exact) mass is 336 g/mol. The van der Waals surface area contributed by atoms with Gasteiger partial charge in [0, 0.05) is 19.0 Å². The number of fused-ring (bicyclic) bond motifs is 1. The molecule has 0 radical (unpaired) electrons. The van der Waals surface area contributed by atoms with Crippen LogP contribution in [0.2, 0.25) is 0 Å². The zero-order chi connectivity index (χ0) is 17.4. The average Bonchev–Trinajstić information content (AvgIpc) is 3.05. The average molecular weight is 336 g/mol. The zero-order valence-electron chi connectivity index (χ0n) is 14.1. The van der Waals surface area contributed by atoms with Crippen molar-refractivity contribution in [2.45, 2.75) is 25.7 Å². The third-order valence-corrected chi connectivity index (χ3v) is 4.83. The number of oxazole rings is 1. The van der Waals surface area contributed by atoms with Gasteiger partial charge in [0.25, 0.3) is 5.91 Å². The minimum absolute atomic E-state index is 0.0473. The molecule has 0 aliphatic carbocycles. The van der Waals surface area contributed by atoms with Crippen molar-refractivity contribution in [3.05, 3.63) is 59.5 Å². The van der Waals surface area contributed by atoms with Gasteiger partial charge < -0.3 is 14.4 Å². The summed E-state index contributed by atoms with van der Waals surface area (Å²) in [5.41, 5.74) is 2.98. The Morgan fingerprint density at radius 3 is 2.68 bits per heavy atom. The van der Waals surface area contributed by atoms with Crippen LogP contribution >= 0.6 is 0 Å². The van der Waals surface area contributed by atoms with Crippen LogP contribution in [-0.2, 0) is 0 Å². The van der Waals surface area contributed by atoms with E-state index in [-0.39, 0.29) is 17.6 Å². The van der Waals surface area contributed by atoms with Crippen molar-refractivity contribution >= 4 is 17.0 Å². The van der Waals surface area contributed by atoms with Crippen molar-refractivity contribution in [3.63, 3.8) is 0 Å². The second-order valence-electron chi connectivity index (χ2n) is 6.61. The number of aromatic hydroxyl groups is 1. The highest BCUT2D eigenvalue weighted by Crippen LogP contribution is 2.31. The molecule has 0 spiro atoms. The number of rotatable bonds is 2. The fourth-order valence-electron chi connectivity index (χ4n) is 3.39. The zero-order valence-corrected chi connectivity index (χ0v) is 14.1. The van der Waals surface area contributed by atoms with E-state index in [1.54, 1.807) is 17.0 Å². The largest absolute Gasteiger partial charge is 0.507 e. The van der Waals surface area contributed by atoms with Gasteiger partial charge in [-0.3, -0.25) is 4.79 Å². The minimum atomic E-state index is -0.117. The van der Waals surface area contributed by atoms with Crippen LogP contribution in [0.3, 0.4) is 0 Å². The number of nitrogens with zero attached hydrogens (tertiary/aromatic N) is 2. The van der Waals surface area contributed by atoms with Crippen molar-refractivity contribution < 1.29 is 14.3 Å². The van der Waals surface area contributed by atoms with Gasteiger partial charge in [-0.1, -0.05) is 18.2 Å². The maximum atomic E-state index is 12.6. The normalized spacial score (nSPS) is 15.6. The number of aromatic nitrogens is 1. The summed E-state index contributed by atoms with van der Waals surface area (Å²) in [6.07, 6.45) is 1.62. The van der Waals surface area contributed by atoms with Crippen molar-refractivity contribution in [2.24, 2.45) is 0 Å². The first-order valence-electron chi connectivity index (χ1n) is 8.56. The first-order chi connectivity index (χ1) is 12.1. The lowest BCUT2D eigenvalue weighted by Crippen LogP contribution is -2.38. The van der Waals surface area contributed by atoms with E-state index in [4.69, 9.17) is 4.42 Å². The third kappa shape index (κ3) is 2.97. The van der Waals surface area contributed by atoms with Crippen LogP contribution < -0.4 is 0 Å². The summed E-state index contributed by atoms with van der Waals surface area (Å²) in [6.45, 7) is 3.16. The summed E-state index contributed by atoms with van der Waals surface area (Å²) >= 11 is 0. The van der Waals surface area contributed by atoms with E-state index in [1.165, 1.54) is 0 Å². The van der Waals surface area contributed by atoms with Crippen molar-refractivity contribution in [1.29, 1.82) is 0 Å². The van der Waals surface area contributed by atoms with Gasteiger partial charge in [0.05, 0.1) is 5.56 Å². The van der Waals surface area contributed by atoms with Gasteiger partial charge in [-0.15, -0.1) is 0 Å². The molecule has 4 rings (SSSR count). The quantitative estimate of drug-likeness (QED) is 0.771. The lowest BCUT2D eigenvalue weighted by molar-refractivity contribution is 0.0703. The van der Waals surface area contributed by atoms with E-state index < -0.39 is 0 Å². The smallest absolute Gasteiger partial charge is 0.257 e. The summed E-state index contributed by atoms with van der Waals surface area (Å²) in [6, 6.07) is 12.9. The Morgan fingerprint density at radius 2 is 1.96 bits per heavy atom. The van der Waals surface area contributed by atoms with Gasteiger partial charge in [0.2, 0.25) is 0 Å². The van der Waals surface area contributed by atoms with Crippen molar-refractivity contribution in [3.8, 4) is 5.75 Å². The Hall–Kier alpha value is -2.82. The van der Waals surface area contributed by atoms with Crippen LogP contribution in [-0.4, -0.2) is 34.0 Å². The lowest BCUT2D eigenvalue weighted by Gasteiger charge is -2.30. The molecule has 1 aliphatic rings. The molecule has 3 aromatic rings. The van der Waals surface area contributed by atoms with Gasteiger partial charge >= 0.3 is 0 Å². The Labute approximate surface area is 145 Å². The molecule has 0 unspecified atom stereocenters. The van der Waals surface area contributed by atoms with E-state index >= 15 is 0 Å². The minimum Gasteiger partial charge on any atom is -0.507 e. The second-order valence-corrected chi connectivity index (χ2v) is 6.61. The molecule has 0 atom stereocenters. The fraction of sp³-hybridized carbons (Fsp3) is 0.300. The van der Waals surface area contributed by atoms with E-state index in [1.807, 2.05) is 37.3 Å². The number of hydrogen-bond acceptors (Lipinski definition) is 4. The number of likely N-dealkylation sites (tertiary alicyclic amines) is 1. The highest BCUT2D eigenvalue weighted by molar-refractivity contribution is 5.97. The standard InChI is InChI=1S/C20H20N2O3/c1-13-6-7-15(17(23)12-13)20(24)22-10-8-14(9-11-22)19-21-16-4-2-3-5-18(16)25-19/h2-7,12,14,23H,8-11H2,1H3. The Morgan fingerprint density at radius 1 is 1.20 bits per heavy atom. The molecular weight excluding hydrogens is 316 g/mol. The fourth-order valence-corrected chi connectivity index (χ4v) is 3.39. The number of piperidine rings is 1. The van der Waals surface area contributed by atoms with Crippen LogP contribution in [0.25, 0.3) is 11.1 Å². The van der Waals surface area contributed by atoms with Crippen LogP contribution in [0.5, 0.6) is 5.75 Å². The number of carbonyl (C=O) groups is 1. The van der Waals surface area contributed by atoms with Gasteiger partial charge in [-0.25, -0.2) is 4.98 Å². The molecule has 2 aromatic carbocycles. The molecule has 0 saturated carbocycles. The maximum Gasteiger partial charge on any atom is 0.257 e. The second kappa shape index (κ2) is 6.24. The van der Waals surface area contributed by atoms with E-state index in [0.717, 1.165) is 35.4 Å². The maximum absolute atomic E-state index is 12.6. The molecule has 2 heterocycles. The number of aryl methyl sites for hydroxylation is 1. The predicted octanol–water partition coefficient (Wildman–Crippen LogP) is 3.86. The number of hydrogen-bond donors (Lipinski definition) is 1. The first kappa shape index (κ1) is 15.7. The molecule has 1 fully saturated rings. The highest BCUT2D eigenvalue weighted by atomic mass is 16.3. The Kier molecular flexibility index (Phi) is 3.92. The highest BCUT2D eigenvalue weighted by Gasteiger charge is 2.28. The topological polar surface area (TPSA) is 66.6 Å². The molecule has 1 saturated heterocycles. The molecule has 1 N–H and O–H groups in total. The Balaban J connectivity index is 1.46. The SMILES string of the molecule is Cc1ccc(C(=O)N2CCC(c3nc4ccccc4o3)CC2)c(O)c1. The van der Waals surface area contributed by atoms with Gasteiger partial charge in [0.15, 0.2) is 11.5 Å². The van der Waals surface area contributed by atoms with Crippen LogP contribution in [0, 0.1) is 6.92 Å². The van der Waals surface area contributed by atoms with Gasteiger partial charge in [-0.2, -0.15) is 0 Å². The molecule has 1 aromatic heterocycles. The first-order valence-corrected chi connectivity index (χ1v) is 8.56. The molecule has 128 valence electrons. The van der Waals surface area contributed by atoms with E-state index in [2.05, 4.69) is 4.98 Å². The summed E-state index contributed by atoms with van der Waals surface area (Å²) < 4.78 is 5.87. The van der Waals surface area contributed by atoms with E-state index in [9.17, 15) is 9.90 Å². The Bertz CT molecular complexity index is 891. The van der Waals surface area contributed by atoms with Crippen molar-refractivity contribution in [1.82, 2.24) is 9.88 Å². The van der Waals surface area contributed by atoms with Crippen molar-refractivity contribution in [2.75, 3.05) is 13.1 Å². The van der Waals surface area contributed by atoms with Crippen LogP contribution in [0.15, 0.2) is 46.9 Å². The molecule has 25 heavy (non-hydrogen) atoms. The summed E-state index contributed by atoms with van der Waals surface area (Å²) in [5, 5.41) is 10.0. The molecule has 1 amide bonds. The molecule has 5 heteroatoms. The molecule has 1 aliphatic heterocycles. The predicted molar refractivity (Wildman–Crippen MR) is 94.7 cm³/mol. The third-order valence-electron chi connectivity index (χ3n) is 4.83. The molecular formula is C20H20N2O3.